The van der Waals surface area contributed by atoms with Crippen LogP contribution >= 0.6 is 0 Å². The minimum Gasteiger partial charge on any atom is -0.545 e. The van der Waals surface area contributed by atoms with Gasteiger partial charge in [0.2, 0.25) is 0 Å². The number of aliphatic carboxylic acids is 1. The number of rotatable bonds is 53. The summed E-state index contributed by atoms with van der Waals surface area (Å²) in [5.74, 6) is -2.35. The maximum absolute atomic E-state index is 12.9. The van der Waals surface area contributed by atoms with Crippen LogP contribution in [0.15, 0.2) is 146 Å². The van der Waals surface area contributed by atoms with Crippen LogP contribution in [0.2, 0.25) is 0 Å². The molecule has 2 atom stereocenters. The van der Waals surface area contributed by atoms with Crippen LogP contribution in [0.3, 0.4) is 0 Å². The minimum atomic E-state index is -1.64. The molecular formula is C68H109NO8. The summed E-state index contributed by atoms with van der Waals surface area (Å²) >= 11 is 0. The first-order chi connectivity index (χ1) is 37.6. The SMILES string of the molecule is CC/C=C\C/C=C\C/C=C\C/C=C\C/C=C\C/C=C\C/C=C\C/C=C\C/C=C\CCCCCCCC(=O)OC(COC(=O)CCCCCCCC/C=C\C/C=C\C/C=C\CCCCC)COC(OCC[N+](C)(C)C)C(=O)[O-]. The van der Waals surface area contributed by atoms with Crippen molar-refractivity contribution < 1.29 is 42.9 Å². The van der Waals surface area contributed by atoms with Crippen molar-refractivity contribution in [1.82, 2.24) is 0 Å². The molecule has 434 valence electrons. The van der Waals surface area contributed by atoms with Gasteiger partial charge in [-0.2, -0.15) is 0 Å². The van der Waals surface area contributed by atoms with Gasteiger partial charge in [-0.3, -0.25) is 9.59 Å². The number of quaternary nitrogens is 1. The van der Waals surface area contributed by atoms with Gasteiger partial charge in [-0.1, -0.05) is 217 Å². The number of allylic oxidation sites excluding steroid dienone is 24. The van der Waals surface area contributed by atoms with Crippen molar-refractivity contribution in [2.24, 2.45) is 0 Å². The van der Waals surface area contributed by atoms with Gasteiger partial charge in [0.15, 0.2) is 12.4 Å². The molecule has 77 heavy (non-hydrogen) atoms. The molecule has 0 rings (SSSR count). The van der Waals surface area contributed by atoms with Crippen molar-refractivity contribution in [3.8, 4) is 0 Å². The fourth-order valence-corrected chi connectivity index (χ4v) is 7.47. The molecule has 0 aliphatic heterocycles. The highest BCUT2D eigenvalue weighted by Gasteiger charge is 2.22. The molecule has 0 radical (unpaired) electrons. The molecule has 0 fully saturated rings. The lowest BCUT2D eigenvalue weighted by Crippen LogP contribution is -2.44. The lowest BCUT2D eigenvalue weighted by molar-refractivity contribution is -0.870. The normalized spacial score (nSPS) is 13.8. The average molecular weight is 1070 g/mol. The molecule has 0 aliphatic carbocycles. The van der Waals surface area contributed by atoms with Crippen molar-refractivity contribution in [1.29, 1.82) is 0 Å². The van der Waals surface area contributed by atoms with E-state index >= 15 is 0 Å². The summed E-state index contributed by atoms with van der Waals surface area (Å²) in [6.45, 7) is 4.54. The van der Waals surface area contributed by atoms with E-state index in [0.29, 0.717) is 23.9 Å². The summed E-state index contributed by atoms with van der Waals surface area (Å²) in [5.41, 5.74) is 0. The monoisotopic (exact) mass is 1070 g/mol. The predicted octanol–water partition coefficient (Wildman–Crippen LogP) is 16.7. The second-order valence-corrected chi connectivity index (χ2v) is 20.5. The van der Waals surface area contributed by atoms with Crippen molar-refractivity contribution in [3.05, 3.63) is 146 Å². The highest BCUT2D eigenvalue weighted by Crippen LogP contribution is 2.13. The number of carbonyl (C=O) groups excluding carboxylic acids is 3. The minimum absolute atomic E-state index is 0.133. The molecule has 0 amide bonds. The summed E-state index contributed by atoms with van der Waals surface area (Å²) < 4.78 is 22.7. The fourth-order valence-electron chi connectivity index (χ4n) is 7.47. The van der Waals surface area contributed by atoms with E-state index in [1.54, 1.807) is 0 Å². The Hall–Kier alpha value is -4.83. The van der Waals surface area contributed by atoms with Crippen LogP contribution < -0.4 is 5.11 Å². The number of unbranched alkanes of at least 4 members (excludes halogenated alkanes) is 14. The molecule has 9 nitrogen and oxygen atoms in total. The average Bonchev–Trinajstić information content (AvgIpc) is 3.40. The number of esters is 2. The molecule has 2 unspecified atom stereocenters. The quantitative estimate of drug-likeness (QED) is 0.0195. The van der Waals surface area contributed by atoms with E-state index in [0.717, 1.165) is 141 Å². The van der Waals surface area contributed by atoms with E-state index in [4.69, 9.17) is 18.9 Å². The van der Waals surface area contributed by atoms with E-state index in [1.807, 2.05) is 21.1 Å². The maximum Gasteiger partial charge on any atom is 0.306 e. The van der Waals surface area contributed by atoms with Crippen LogP contribution in [0.5, 0.6) is 0 Å². The largest absolute Gasteiger partial charge is 0.545 e. The van der Waals surface area contributed by atoms with E-state index in [9.17, 15) is 19.5 Å². The summed E-state index contributed by atoms with van der Waals surface area (Å²) in [4.78, 5) is 37.3. The molecule has 0 N–H and O–H groups in total. The zero-order valence-electron chi connectivity index (χ0n) is 49.3. The van der Waals surface area contributed by atoms with Crippen LogP contribution in [-0.4, -0.2) is 82.3 Å². The number of carbonyl (C=O) groups is 3. The molecule has 0 aromatic heterocycles. The summed E-state index contributed by atoms with van der Waals surface area (Å²) in [7, 11) is 5.90. The number of carboxylic acid groups (broad SMARTS) is 1. The number of hydrogen-bond acceptors (Lipinski definition) is 8. The van der Waals surface area contributed by atoms with Crippen molar-refractivity contribution in [2.75, 3.05) is 47.5 Å². The Morgan fingerprint density at radius 3 is 1.10 bits per heavy atom. The first-order valence-corrected chi connectivity index (χ1v) is 30.0. The molecule has 0 saturated carbocycles. The van der Waals surface area contributed by atoms with E-state index < -0.39 is 24.3 Å². The van der Waals surface area contributed by atoms with Crippen LogP contribution in [0.25, 0.3) is 0 Å². The topological polar surface area (TPSA) is 111 Å². The molecule has 9 heteroatoms. The van der Waals surface area contributed by atoms with Gasteiger partial charge in [0.25, 0.3) is 0 Å². The van der Waals surface area contributed by atoms with Gasteiger partial charge in [0.05, 0.1) is 40.3 Å². The van der Waals surface area contributed by atoms with Crippen molar-refractivity contribution >= 4 is 17.9 Å². The molecule has 0 aliphatic rings. The zero-order valence-corrected chi connectivity index (χ0v) is 49.3. The van der Waals surface area contributed by atoms with Crippen LogP contribution in [0, 0.1) is 0 Å². The zero-order chi connectivity index (χ0) is 56.2. The van der Waals surface area contributed by atoms with Crippen LogP contribution in [-0.2, 0) is 33.3 Å². The Morgan fingerprint density at radius 1 is 0.403 bits per heavy atom. The highest BCUT2D eigenvalue weighted by atomic mass is 16.7. The third-order valence-corrected chi connectivity index (χ3v) is 12.1. The second kappa shape index (κ2) is 57.3. The number of nitrogens with zero attached hydrogens (tertiary/aromatic N) is 1. The van der Waals surface area contributed by atoms with Crippen LogP contribution in [0.1, 0.15) is 206 Å². The molecule has 0 spiro atoms. The smallest absolute Gasteiger partial charge is 0.306 e. The molecular weight excluding hydrogens is 959 g/mol. The number of likely N-dealkylation sites (N-methyl/N-ethyl adjacent to an activating group) is 1. The lowest BCUT2D eigenvalue weighted by Gasteiger charge is -2.26. The lowest BCUT2D eigenvalue weighted by atomic mass is 10.1. The van der Waals surface area contributed by atoms with Gasteiger partial charge in [0, 0.05) is 12.8 Å². The van der Waals surface area contributed by atoms with Gasteiger partial charge in [-0.05, 0) is 122 Å². The Bertz CT molecular complexity index is 1770. The van der Waals surface area contributed by atoms with E-state index in [-0.39, 0.29) is 38.6 Å². The third kappa shape index (κ3) is 58.7. The standard InChI is InChI=1S/C68H109NO8/c1-6-8-10-12-14-16-18-20-22-24-26-27-28-29-30-31-32-33-34-35-36-37-38-39-41-43-45-47-49-51-53-55-57-59-66(71)77-64(63-76-68(67(72)73)74-61-60-69(3,4)5)62-75-65(70)58-56-54-52-50-48-46-44-42-40-25-23-21-19-17-15-13-11-9-7-2/h8,10,14-17,20-23,26-27,29-30,32-33,35-36,38-40,42-43,45,64,68H,6-7,9,11-13,18-19,24-25,28,31,34,37,41,44,46-63H2,1-5H3/b10-8-,16-14-,17-15-,22-20-,23-21-,27-26-,30-29-,33-32-,36-35-,39-38-,42-40-,45-43-. The number of hydrogen-bond donors (Lipinski definition) is 0. The Morgan fingerprint density at radius 2 is 0.740 bits per heavy atom. The first-order valence-electron chi connectivity index (χ1n) is 30.0. The molecule has 0 saturated heterocycles. The maximum atomic E-state index is 12.9. The van der Waals surface area contributed by atoms with Crippen LogP contribution in [0.4, 0.5) is 0 Å². The van der Waals surface area contributed by atoms with Crippen molar-refractivity contribution in [2.45, 2.75) is 219 Å². The van der Waals surface area contributed by atoms with Gasteiger partial charge in [-0.25, -0.2) is 0 Å². The van der Waals surface area contributed by atoms with Crippen molar-refractivity contribution in [3.63, 3.8) is 0 Å². The summed E-state index contributed by atoms with van der Waals surface area (Å²) in [6, 6.07) is 0. The van der Waals surface area contributed by atoms with Gasteiger partial charge >= 0.3 is 11.9 Å². The molecule has 0 heterocycles. The Kier molecular flexibility index (Phi) is 53.8. The van der Waals surface area contributed by atoms with E-state index in [1.165, 1.54) is 25.7 Å². The van der Waals surface area contributed by atoms with Gasteiger partial charge in [0.1, 0.15) is 13.2 Å². The van der Waals surface area contributed by atoms with Gasteiger partial charge < -0.3 is 33.3 Å². The summed E-state index contributed by atoms with van der Waals surface area (Å²) in [5, 5.41) is 11.8. The third-order valence-electron chi connectivity index (χ3n) is 12.1. The summed E-state index contributed by atoms with van der Waals surface area (Å²) in [6.07, 6.45) is 80.3. The fraction of sp³-hybridized carbons (Fsp3) is 0.603. The number of carboxylic acids is 1. The van der Waals surface area contributed by atoms with Gasteiger partial charge in [-0.15, -0.1) is 0 Å². The molecule has 0 aromatic rings. The highest BCUT2D eigenvalue weighted by molar-refractivity contribution is 5.70. The molecule has 0 bridgehead atoms. The first kappa shape index (κ1) is 72.2. The Balaban J connectivity index is 4.34. The molecule has 0 aromatic carbocycles. The number of ether oxygens (including phenoxy) is 4. The Labute approximate surface area is 471 Å². The predicted molar refractivity (Wildman–Crippen MR) is 324 cm³/mol. The van der Waals surface area contributed by atoms with E-state index in [2.05, 4.69) is 160 Å². The second-order valence-electron chi connectivity index (χ2n) is 20.5.